The van der Waals surface area contributed by atoms with E-state index in [1.807, 2.05) is 19.0 Å². The van der Waals surface area contributed by atoms with Gasteiger partial charge in [0.1, 0.15) is 0 Å². The van der Waals surface area contributed by atoms with Gasteiger partial charge in [-0.1, -0.05) is 19.6 Å². The summed E-state index contributed by atoms with van der Waals surface area (Å²) in [6.45, 7) is 2.09. The van der Waals surface area contributed by atoms with Crippen molar-refractivity contribution in [2.24, 2.45) is 0 Å². The summed E-state index contributed by atoms with van der Waals surface area (Å²) in [6.07, 6.45) is 1.06. The zero-order valence-electron chi connectivity index (χ0n) is 5.14. The first-order valence-corrected chi connectivity index (χ1v) is 2.98. The number of rotatable bonds is 2. The van der Waals surface area contributed by atoms with Crippen molar-refractivity contribution < 1.29 is 0 Å². The summed E-state index contributed by atoms with van der Waals surface area (Å²) >= 11 is 4.99. The zero-order valence-corrected chi connectivity index (χ0v) is 5.96. The van der Waals surface area contributed by atoms with Crippen molar-refractivity contribution in [2.45, 2.75) is 18.7 Å². The molecule has 0 spiro atoms. The van der Waals surface area contributed by atoms with E-state index in [1.165, 1.54) is 0 Å². The molecule has 0 aromatic heterocycles. The summed E-state index contributed by atoms with van der Waals surface area (Å²) in [5.74, 6) is 0. The van der Waals surface area contributed by atoms with Crippen LogP contribution in [-0.4, -0.2) is 24.4 Å². The Hall–Kier alpha value is 0.310. The highest BCUT2D eigenvalue weighted by atomic mass is 32.1. The van der Waals surface area contributed by atoms with E-state index in [2.05, 4.69) is 6.92 Å². The van der Waals surface area contributed by atoms with Crippen LogP contribution in [0.5, 0.6) is 0 Å². The van der Waals surface area contributed by atoms with E-state index in [0.717, 1.165) is 6.42 Å². The highest BCUT2D eigenvalue weighted by Gasteiger charge is 1.99. The molecule has 1 nitrogen and oxygen atoms in total. The van der Waals surface area contributed by atoms with E-state index < -0.39 is 0 Å². The average Bonchev–Trinajstić information content (AvgIpc) is 1.65. The van der Waals surface area contributed by atoms with E-state index >= 15 is 0 Å². The van der Waals surface area contributed by atoms with Crippen LogP contribution in [0.2, 0.25) is 0 Å². The second-order valence-electron chi connectivity index (χ2n) is 1.83. The van der Waals surface area contributed by atoms with Gasteiger partial charge < -0.3 is 0 Å². The van der Waals surface area contributed by atoms with Gasteiger partial charge in [-0.3, -0.25) is 4.90 Å². The molecule has 0 saturated carbocycles. The predicted molar refractivity (Wildman–Crippen MR) is 35.4 cm³/mol. The highest BCUT2D eigenvalue weighted by molar-refractivity contribution is 7.80. The van der Waals surface area contributed by atoms with E-state index in [1.54, 1.807) is 0 Å². The van der Waals surface area contributed by atoms with Crippen molar-refractivity contribution in [2.75, 3.05) is 14.1 Å². The Labute approximate surface area is 51.1 Å². The van der Waals surface area contributed by atoms with Crippen LogP contribution in [0.3, 0.4) is 0 Å². The minimum absolute atomic E-state index is 0.319. The summed E-state index contributed by atoms with van der Waals surface area (Å²) in [5, 5.41) is 0.319. The monoisotopic (exact) mass is 118 g/mol. The number of nitrogens with zero attached hydrogens (tertiary/aromatic N) is 1. The fourth-order valence-corrected chi connectivity index (χ4v) is 0.365. The van der Waals surface area contributed by atoms with Gasteiger partial charge in [-0.05, 0) is 20.5 Å². The summed E-state index contributed by atoms with van der Waals surface area (Å²) in [5.41, 5.74) is 0. The van der Waals surface area contributed by atoms with Crippen molar-refractivity contribution in [3.05, 3.63) is 0 Å². The average molecular weight is 118 g/mol. The van der Waals surface area contributed by atoms with Gasteiger partial charge in [0.05, 0.1) is 5.37 Å². The molecule has 0 N–H and O–H groups in total. The van der Waals surface area contributed by atoms with Crippen LogP contribution >= 0.6 is 12.6 Å². The third kappa shape index (κ3) is 2.94. The van der Waals surface area contributed by atoms with Gasteiger partial charge in [-0.25, -0.2) is 0 Å². The molecule has 0 aromatic rings. The summed E-state index contributed by atoms with van der Waals surface area (Å²) in [6, 6.07) is 0. The van der Waals surface area contributed by atoms with Crippen molar-refractivity contribution in [1.29, 1.82) is 0 Å². The van der Waals surface area contributed by atoms with Gasteiger partial charge in [-0.15, -0.1) is 0 Å². The van der Waals surface area contributed by atoms with Crippen LogP contribution in [0.25, 0.3) is 0 Å². The molecule has 0 aliphatic heterocycles. The summed E-state index contributed by atoms with van der Waals surface area (Å²) < 4.78 is 0. The quantitative estimate of drug-likeness (QED) is 0.531. The molecule has 0 aliphatic rings. The maximum Gasteiger partial charge on any atom is 0.0654 e. The Balaban J connectivity index is 3.14. The van der Waals surface area contributed by atoms with Crippen LogP contribution in [-0.2, 0) is 0 Å². The molecule has 1 unspecified atom stereocenters. The molecule has 2 heteroatoms. The maximum atomic E-state index is 4.99. The Morgan fingerprint density at radius 2 is 2.00 bits per heavy atom. The summed E-state index contributed by atoms with van der Waals surface area (Å²) in [4.78, 5) is 2.04. The van der Waals surface area contributed by atoms with E-state index in [4.69, 9.17) is 12.6 Å². The standard InChI is InChI=1S/C5H12NS/c1-4-5(7)6(2)3/h5H,4H2,1-3H3. The van der Waals surface area contributed by atoms with Crippen LogP contribution in [0.15, 0.2) is 0 Å². The number of hydrogen-bond acceptors (Lipinski definition) is 1. The van der Waals surface area contributed by atoms with E-state index in [-0.39, 0.29) is 0 Å². The fourth-order valence-electron chi connectivity index (χ4n) is 0.365. The molecule has 0 saturated heterocycles. The molecule has 1 radical (unpaired) electrons. The molecule has 0 fully saturated rings. The molecule has 43 valence electrons. The molecule has 7 heavy (non-hydrogen) atoms. The van der Waals surface area contributed by atoms with E-state index in [0.29, 0.717) is 5.37 Å². The van der Waals surface area contributed by atoms with E-state index in [9.17, 15) is 0 Å². The lowest BCUT2D eigenvalue weighted by Crippen LogP contribution is -2.20. The lowest BCUT2D eigenvalue weighted by atomic mass is 10.4. The Bertz CT molecular complexity index is 45.3. The van der Waals surface area contributed by atoms with Crippen LogP contribution < -0.4 is 0 Å². The Morgan fingerprint density at radius 1 is 1.57 bits per heavy atom. The van der Waals surface area contributed by atoms with Gasteiger partial charge in [0.15, 0.2) is 0 Å². The first kappa shape index (κ1) is 7.31. The third-order valence-corrected chi connectivity index (χ3v) is 1.68. The van der Waals surface area contributed by atoms with Crippen molar-refractivity contribution in [1.82, 2.24) is 4.90 Å². The SMILES string of the molecule is CCC([S])N(C)C. The Morgan fingerprint density at radius 3 is 2.00 bits per heavy atom. The lowest BCUT2D eigenvalue weighted by Gasteiger charge is -2.14. The van der Waals surface area contributed by atoms with Gasteiger partial charge in [0.2, 0.25) is 0 Å². The molecule has 1 atom stereocenters. The first-order chi connectivity index (χ1) is 3.18. The lowest BCUT2D eigenvalue weighted by molar-refractivity contribution is 0.378. The number of hydrogen-bond donors (Lipinski definition) is 0. The zero-order chi connectivity index (χ0) is 5.86. The fraction of sp³-hybridized carbons (Fsp3) is 1.00. The molecular formula is C5H12NS. The normalized spacial score (nSPS) is 15.0. The molecule has 0 rings (SSSR count). The second kappa shape index (κ2) is 3.33. The first-order valence-electron chi connectivity index (χ1n) is 2.50. The predicted octanol–water partition coefficient (Wildman–Crippen LogP) is 1.48. The largest absolute Gasteiger partial charge is 0.297 e. The molecule has 0 aliphatic carbocycles. The van der Waals surface area contributed by atoms with Crippen LogP contribution in [0, 0.1) is 0 Å². The van der Waals surface area contributed by atoms with Crippen molar-refractivity contribution >= 4 is 12.6 Å². The Kier molecular flexibility index (Phi) is 3.48. The van der Waals surface area contributed by atoms with Gasteiger partial charge in [0, 0.05) is 0 Å². The van der Waals surface area contributed by atoms with Gasteiger partial charge in [0.25, 0.3) is 0 Å². The minimum atomic E-state index is 0.319. The van der Waals surface area contributed by atoms with Crippen LogP contribution in [0.4, 0.5) is 0 Å². The van der Waals surface area contributed by atoms with Crippen LogP contribution in [0.1, 0.15) is 13.3 Å². The smallest absolute Gasteiger partial charge is 0.0654 e. The van der Waals surface area contributed by atoms with Gasteiger partial charge >= 0.3 is 0 Å². The highest BCUT2D eigenvalue weighted by Crippen LogP contribution is 2.00. The van der Waals surface area contributed by atoms with Crippen molar-refractivity contribution in [3.8, 4) is 0 Å². The molecule has 0 amide bonds. The minimum Gasteiger partial charge on any atom is -0.297 e. The molecule has 0 heterocycles. The maximum absolute atomic E-state index is 4.99. The third-order valence-electron chi connectivity index (χ3n) is 0.925. The topological polar surface area (TPSA) is 3.24 Å². The molecular weight excluding hydrogens is 106 g/mol. The molecule has 0 aromatic carbocycles. The van der Waals surface area contributed by atoms with Crippen molar-refractivity contribution in [3.63, 3.8) is 0 Å². The second-order valence-corrected chi connectivity index (χ2v) is 2.37. The molecule has 0 bridgehead atoms. The summed E-state index contributed by atoms with van der Waals surface area (Å²) in [7, 11) is 4.00. The van der Waals surface area contributed by atoms with Gasteiger partial charge in [-0.2, -0.15) is 0 Å².